The summed E-state index contributed by atoms with van der Waals surface area (Å²) in [6.07, 6.45) is 3.65. The summed E-state index contributed by atoms with van der Waals surface area (Å²) in [6.45, 7) is 1.88. The Bertz CT molecular complexity index is 483. The molecule has 0 aliphatic heterocycles. The van der Waals surface area contributed by atoms with Crippen LogP contribution in [-0.4, -0.2) is 19.4 Å². The molecular weight excluding hydrogens is 226 g/mol. The Morgan fingerprint density at radius 2 is 2.25 bits per heavy atom. The average Bonchev–Trinajstić information content (AvgIpc) is 3.00. The molecular formula is C10H15N3O2S. The summed E-state index contributed by atoms with van der Waals surface area (Å²) in [4.78, 5) is 3.83. The van der Waals surface area contributed by atoms with Crippen molar-refractivity contribution < 1.29 is 8.42 Å². The monoisotopic (exact) mass is 241 g/mol. The van der Waals surface area contributed by atoms with Crippen molar-refractivity contribution in [2.24, 2.45) is 5.92 Å². The van der Waals surface area contributed by atoms with Gasteiger partial charge in [0.25, 0.3) is 0 Å². The molecule has 0 spiro atoms. The van der Waals surface area contributed by atoms with Crippen molar-refractivity contribution >= 4 is 15.8 Å². The van der Waals surface area contributed by atoms with Crippen molar-refractivity contribution in [3.05, 3.63) is 18.3 Å². The van der Waals surface area contributed by atoms with Crippen LogP contribution in [0.4, 0.5) is 5.82 Å². The van der Waals surface area contributed by atoms with Crippen molar-refractivity contribution in [1.82, 2.24) is 9.71 Å². The molecule has 6 heteroatoms. The van der Waals surface area contributed by atoms with Crippen LogP contribution in [0.15, 0.2) is 23.2 Å². The quantitative estimate of drug-likeness (QED) is 0.814. The van der Waals surface area contributed by atoms with E-state index >= 15 is 0 Å². The predicted molar refractivity (Wildman–Crippen MR) is 61.2 cm³/mol. The van der Waals surface area contributed by atoms with Crippen LogP contribution < -0.4 is 10.5 Å². The number of sulfonamides is 1. The van der Waals surface area contributed by atoms with E-state index in [9.17, 15) is 8.42 Å². The zero-order chi connectivity index (χ0) is 11.8. The summed E-state index contributed by atoms with van der Waals surface area (Å²) in [6, 6.07) is 2.99. The largest absolute Gasteiger partial charge is 0.383 e. The lowest BCUT2D eigenvalue weighted by molar-refractivity contribution is 0.538. The zero-order valence-electron chi connectivity index (χ0n) is 9.05. The highest BCUT2D eigenvalue weighted by atomic mass is 32.2. The molecule has 1 fully saturated rings. The molecule has 1 saturated carbocycles. The lowest BCUT2D eigenvalue weighted by atomic mass is 10.2. The number of nitrogens with zero attached hydrogens (tertiary/aromatic N) is 1. The maximum atomic E-state index is 12.0. The molecule has 88 valence electrons. The highest BCUT2D eigenvalue weighted by molar-refractivity contribution is 7.89. The van der Waals surface area contributed by atoms with Crippen LogP contribution in [0, 0.1) is 5.92 Å². The standard InChI is InChI=1S/C10H15N3O2S/c1-7(8-4-5-8)13-16(14,15)9-3-2-6-12-10(9)11/h2-3,6-8,13H,4-5H2,1H3,(H2,11,12). The second-order valence-electron chi connectivity index (χ2n) is 4.13. The number of hydrogen-bond acceptors (Lipinski definition) is 4. The first kappa shape index (κ1) is 11.3. The van der Waals surface area contributed by atoms with E-state index in [0.717, 1.165) is 12.8 Å². The summed E-state index contributed by atoms with van der Waals surface area (Å²) < 4.78 is 26.6. The van der Waals surface area contributed by atoms with Crippen LogP contribution in [0.2, 0.25) is 0 Å². The Kier molecular flexibility index (Phi) is 2.86. The second kappa shape index (κ2) is 4.03. The summed E-state index contributed by atoms with van der Waals surface area (Å²) in [5.41, 5.74) is 5.54. The molecule has 16 heavy (non-hydrogen) atoms. The van der Waals surface area contributed by atoms with Gasteiger partial charge < -0.3 is 5.73 Å². The highest BCUT2D eigenvalue weighted by Crippen LogP contribution is 2.33. The van der Waals surface area contributed by atoms with Gasteiger partial charge in [0.05, 0.1) is 0 Å². The van der Waals surface area contributed by atoms with Gasteiger partial charge in [-0.2, -0.15) is 0 Å². The Balaban J connectivity index is 2.21. The second-order valence-corrected chi connectivity index (χ2v) is 5.82. The number of nitrogens with one attached hydrogen (secondary N) is 1. The first-order valence-electron chi connectivity index (χ1n) is 5.23. The minimum Gasteiger partial charge on any atom is -0.383 e. The van der Waals surface area contributed by atoms with E-state index in [1.165, 1.54) is 12.3 Å². The van der Waals surface area contributed by atoms with E-state index in [1.807, 2.05) is 6.92 Å². The zero-order valence-corrected chi connectivity index (χ0v) is 9.87. The van der Waals surface area contributed by atoms with Crippen LogP contribution in [0.25, 0.3) is 0 Å². The number of nitrogen functional groups attached to an aromatic ring is 1. The molecule has 0 amide bonds. The molecule has 1 heterocycles. The van der Waals surface area contributed by atoms with E-state index in [0.29, 0.717) is 5.92 Å². The van der Waals surface area contributed by atoms with Crippen molar-refractivity contribution in [1.29, 1.82) is 0 Å². The molecule has 1 aliphatic rings. The third kappa shape index (κ3) is 2.33. The molecule has 0 radical (unpaired) electrons. The van der Waals surface area contributed by atoms with E-state index in [4.69, 9.17) is 5.73 Å². The Hall–Kier alpha value is -1.14. The molecule has 0 bridgehead atoms. The number of anilines is 1. The van der Waals surface area contributed by atoms with Crippen molar-refractivity contribution in [3.63, 3.8) is 0 Å². The van der Waals surface area contributed by atoms with E-state index in [-0.39, 0.29) is 16.8 Å². The lowest BCUT2D eigenvalue weighted by Gasteiger charge is -2.13. The molecule has 1 unspecified atom stereocenters. The smallest absolute Gasteiger partial charge is 0.244 e. The van der Waals surface area contributed by atoms with Gasteiger partial charge in [-0.25, -0.2) is 18.1 Å². The van der Waals surface area contributed by atoms with Crippen molar-refractivity contribution in [2.45, 2.75) is 30.7 Å². The maximum Gasteiger partial charge on any atom is 0.244 e. The Morgan fingerprint density at radius 3 is 2.81 bits per heavy atom. The lowest BCUT2D eigenvalue weighted by Crippen LogP contribution is -2.34. The third-order valence-corrected chi connectivity index (χ3v) is 4.37. The van der Waals surface area contributed by atoms with Crippen molar-refractivity contribution in [2.75, 3.05) is 5.73 Å². The number of hydrogen-bond donors (Lipinski definition) is 2. The summed E-state index contributed by atoms with van der Waals surface area (Å²) in [7, 11) is -3.53. The van der Waals surface area contributed by atoms with Gasteiger partial charge in [-0.15, -0.1) is 0 Å². The minimum atomic E-state index is -3.53. The normalized spacial score (nSPS) is 18.3. The molecule has 5 nitrogen and oxygen atoms in total. The van der Waals surface area contributed by atoms with Gasteiger partial charge in [-0.3, -0.25) is 0 Å². The minimum absolute atomic E-state index is 0.0374. The fraction of sp³-hybridized carbons (Fsp3) is 0.500. The van der Waals surface area contributed by atoms with Gasteiger partial charge in [-0.05, 0) is 37.8 Å². The van der Waals surface area contributed by atoms with Gasteiger partial charge >= 0.3 is 0 Å². The Morgan fingerprint density at radius 1 is 1.56 bits per heavy atom. The predicted octanol–water partition coefficient (Wildman–Crippen LogP) is 0.741. The summed E-state index contributed by atoms with van der Waals surface area (Å²) >= 11 is 0. The van der Waals surface area contributed by atoms with Crippen LogP contribution in [0.3, 0.4) is 0 Å². The van der Waals surface area contributed by atoms with E-state index < -0.39 is 10.0 Å². The number of nitrogens with two attached hydrogens (primary N) is 1. The van der Waals surface area contributed by atoms with Crippen LogP contribution in [0.5, 0.6) is 0 Å². The fourth-order valence-corrected chi connectivity index (χ4v) is 3.03. The topological polar surface area (TPSA) is 85.1 Å². The Labute approximate surface area is 95.1 Å². The molecule has 0 aromatic carbocycles. The van der Waals surface area contributed by atoms with Gasteiger partial charge in [0.1, 0.15) is 10.7 Å². The van der Waals surface area contributed by atoms with Gasteiger partial charge in [0.15, 0.2) is 0 Å². The third-order valence-electron chi connectivity index (χ3n) is 2.76. The molecule has 1 aromatic heterocycles. The van der Waals surface area contributed by atoms with Gasteiger partial charge in [-0.1, -0.05) is 0 Å². The van der Waals surface area contributed by atoms with Crippen LogP contribution in [-0.2, 0) is 10.0 Å². The molecule has 1 atom stereocenters. The molecule has 3 N–H and O–H groups in total. The van der Waals surface area contributed by atoms with Crippen LogP contribution >= 0.6 is 0 Å². The SMILES string of the molecule is CC(NS(=O)(=O)c1cccnc1N)C1CC1. The molecule has 0 saturated heterocycles. The first-order valence-corrected chi connectivity index (χ1v) is 6.72. The van der Waals surface area contributed by atoms with Gasteiger partial charge in [0.2, 0.25) is 10.0 Å². The number of rotatable bonds is 4. The number of aromatic nitrogens is 1. The molecule has 1 aliphatic carbocycles. The molecule has 2 rings (SSSR count). The van der Waals surface area contributed by atoms with Crippen LogP contribution in [0.1, 0.15) is 19.8 Å². The van der Waals surface area contributed by atoms with E-state index in [2.05, 4.69) is 9.71 Å². The summed E-state index contributed by atoms with van der Waals surface area (Å²) in [5.74, 6) is 0.505. The summed E-state index contributed by atoms with van der Waals surface area (Å²) in [5, 5.41) is 0. The van der Waals surface area contributed by atoms with Gasteiger partial charge in [0, 0.05) is 12.2 Å². The molecule has 1 aromatic rings. The maximum absolute atomic E-state index is 12.0. The average molecular weight is 241 g/mol. The van der Waals surface area contributed by atoms with E-state index in [1.54, 1.807) is 6.07 Å². The highest BCUT2D eigenvalue weighted by Gasteiger charge is 2.31. The number of pyridine rings is 1. The van der Waals surface area contributed by atoms with Crippen molar-refractivity contribution in [3.8, 4) is 0 Å². The first-order chi connectivity index (χ1) is 7.50. The fourth-order valence-electron chi connectivity index (χ4n) is 1.63.